The van der Waals surface area contributed by atoms with E-state index in [9.17, 15) is 9.59 Å². The van der Waals surface area contributed by atoms with Crippen molar-refractivity contribution < 1.29 is 18.7 Å². The molecule has 4 aromatic rings. The summed E-state index contributed by atoms with van der Waals surface area (Å²) in [6, 6.07) is 12.8. The van der Waals surface area contributed by atoms with Gasteiger partial charge in [0.15, 0.2) is 4.80 Å². The Morgan fingerprint density at radius 1 is 1.23 bits per heavy atom. The third-order valence-corrected chi connectivity index (χ3v) is 8.23. The van der Waals surface area contributed by atoms with Crippen LogP contribution in [-0.4, -0.2) is 38.3 Å². The first-order valence-electron chi connectivity index (χ1n) is 13.0. The monoisotopic (exact) mass is 623 g/mol. The van der Waals surface area contributed by atoms with Crippen molar-refractivity contribution in [2.75, 3.05) is 32.7 Å². The normalized spacial score (nSPS) is 15.2. The van der Waals surface area contributed by atoms with Crippen LogP contribution in [0.5, 0.6) is 5.75 Å². The molecule has 208 valence electrons. The third kappa shape index (κ3) is 4.90. The molecule has 3 heterocycles. The van der Waals surface area contributed by atoms with E-state index in [1.165, 1.54) is 11.3 Å². The lowest BCUT2D eigenvalue weighted by atomic mass is 9.90. The molecule has 0 radical (unpaired) electrons. The molecule has 0 amide bonds. The number of benzene rings is 2. The van der Waals surface area contributed by atoms with Gasteiger partial charge in [0.05, 0.1) is 34.0 Å². The van der Waals surface area contributed by atoms with Crippen LogP contribution in [0.1, 0.15) is 44.1 Å². The zero-order valence-electron chi connectivity index (χ0n) is 23.0. The van der Waals surface area contributed by atoms with Crippen molar-refractivity contribution in [1.29, 1.82) is 0 Å². The van der Waals surface area contributed by atoms with Crippen molar-refractivity contribution in [3.8, 4) is 5.75 Å². The van der Waals surface area contributed by atoms with Gasteiger partial charge in [-0.15, -0.1) is 0 Å². The fourth-order valence-corrected chi connectivity index (χ4v) is 6.67. The van der Waals surface area contributed by atoms with Gasteiger partial charge >= 0.3 is 5.97 Å². The molecule has 0 fully saturated rings. The predicted molar refractivity (Wildman–Crippen MR) is 161 cm³/mol. The standard InChI is InChI=1S/C30H30BrN3O5S/c1-6-10-21-25(29(36)38-7-2)26(24-19-12-9-8-11-17(19)13-14-22(24)37-5)34-27(35)23(40-30(34)32-21)16-18-15-20(31)28(39-18)33(3)4/h8-9,11-16,26H,6-7,10H2,1-5H3/b23-16+/t26-/m1/s1. The zero-order valence-corrected chi connectivity index (χ0v) is 25.4. The average molecular weight is 625 g/mol. The van der Waals surface area contributed by atoms with Gasteiger partial charge in [-0.3, -0.25) is 9.36 Å². The molecule has 0 N–H and O–H groups in total. The van der Waals surface area contributed by atoms with Crippen LogP contribution >= 0.6 is 27.3 Å². The summed E-state index contributed by atoms with van der Waals surface area (Å²) in [6.45, 7) is 4.00. The smallest absolute Gasteiger partial charge is 0.338 e. The maximum Gasteiger partial charge on any atom is 0.338 e. The van der Waals surface area contributed by atoms with Gasteiger partial charge in [0.2, 0.25) is 5.88 Å². The Kier molecular flexibility index (Phi) is 8.00. The summed E-state index contributed by atoms with van der Waals surface area (Å²) < 4.78 is 20.2. The molecule has 8 nitrogen and oxygen atoms in total. The quantitative estimate of drug-likeness (QED) is 0.252. The number of anilines is 1. The van der Waals surface area contributed by atoms with Crippen LogP contribution in [-0.2, 0) is 9.53 Å². The molecule has 2 aromatic heterocycles. The number of carbonyl (C=O) groups is 1. The number of thiazole rings is 1. The van der Waals surface area contributed by atoms with Gasteiger partial charge < -0.3 is 18.8 Å². The molecule has 0 unspecified atom stereocenters. The molecule has 10 heteroatoms. The lowest BCUT2D eigenvalue weighted by molar-refractivity contribution is -0.139. The van der Waals surface area contributed by atoms with E-state index in [1.807, 2.05) is 68.4 Å². The summed E-state index contributed by atoms with van der Waals surface area (Å²) in [5, 5.41) is 1.85. The summed E-state index contributed by atoms with van der Waals surface area (Å²) in [7, 11) is 5.35. The van der Waals surface area contributed by atoms with E-state index in [-0.39, 0.29) is 12.2 Å². The molecule has 1 atom stereocenters. The van der Waals surface area contributed by atoms with Crippen molar-refractivity contribution in [2.45, 2.75) is 32.7 Å². The topological polar surface area (TPSA) is 86.3 Å². The number of methoxy groups -OCH3 is 1. The minimum Gasteiger partial charge on any atom is -0.496 e. The van der Waals surface area contributed by atoms with Crippen molar-refractivity contribution in [2.24, 2.45) is 4.99 Å². The Morgan fingerprint density at radius 2 is 2.00 bits per heavy atom. The lowest BCUT2D eigenvalue weighted by Gasteiger charge is -2.28. The molecule has 0 saturated carbocycles. The summed E-state index contributed by atoms with van der Waals surface area (Å²) in [6.07, 6.45) is 3.04. The number of halogens is 1. The average Bonchev–Trinajstić information content (AvgIpc) is 3.46. The van der Waals surface area contributed by atoms with Crippen LogP contribution in [0.15, 0.2) is 72.4 Å². The van der Waals surface area contributed by atoms with Crippen LogP contribution in [0, 0.1) is 0 Å². The van der Waals surface area contributed by atoms with Gasteiger partial charge in [-0.25, -0.2) is 9.79 Å². The third-order valence-electron chi connectivity index (χ3n) is 6.68. The number of aromatic nitrogens is 1. The predicted octanol–water partition coefficient (Wildman–Crippen LogP) is 5.16. The van der Waals surface area contributed by atoms with Gasteiger partial charge in [-0.05, 0) is 46.1 Å². The second-order valence-corrected chi connectivity index (χ2v) is 11.4. The van der Waals surface area contributed by atoms with Crippen molar-refractivity contribution in [1.82, 2.24) is 4.57 Å². The number of nitrogens with zero attached hydrogens (tertiary/aromatic N) is 3. The number of rotatable bonds is 8. The zero-order chi connectivity index (χ0) is 28.6. The second-order valence-electron chi connectivity index (χ2n) is 9.51. The molecule has 40 heavy (non-hydrogen) atoms. The van der Waals surface area contributed by atoms with Gasteiger partial charge in [0, 0.05) is 31.8 Å². The molecule has 1 aliphatic rings. The maximum atomic E-state index is 14.2. The van der Waals surface area contributed by atoms with E-state index in [1.54, 1.807) is 24.7 Å². The van der Waals surface area contributed by atoms with Crippen LogP contribution < -0.4 is 24.5 Å². The van der Waals surface area contributed by atoms with Crippen molar-refractivity contribution >= 4 is 56.0 Å². The molecule has 0 saturated heterocycles. The molecule has 0 aliphatic carbocycles. The second kappa shape index (κ2) is 11.5. The first kappa shape index (κ1) is 27.9. The Morgan fingerprint density at radius 3 is 2.67 bits per heavy atom. The number of carbonyl (C=O) groups excluding carboxylic acids is 1. The molecule has 0 bridgehead atoms. The van der Waals surface area contributed by atoms with Gasteiger partial charge in [0.25, 0.3) is 5.56 Å². The van der Waals surface area contributed by atoms with Crippen LogP contribution in [0.25, 0.3) is 16.8 Å². The Labute approximate surface area is 244 Å². The highest BCUT2D eigenvalue weighted by molar-refractivity contribution is 9.10. The maximum absolute atomic E-state index is 14.2. The van der Waals surface area contributed by atoms with E-state index in [0.717, 1.165) is 27.2 Å². The van der Waals surface area contributed by atoms with Crippen LogP contribution in [0.3, 0.4) is 0 Å². The van der Waals surface area contributed by atoms with Gasteiger partial charge in [-0.2, -0.15) is 0 Å². The van der Waals surface area contributed by atoms with Crippen molar-refractivity contribution in [3.63, 3.8) is 0 Å². The molecular formula is C30H30BrN3O5S. The van der Waals surface area contributed by atoms with E-state index < -0.39 is 12.0 Å². The van der Waals surface area contributed by atoms with E-state index in [0.29, 0.717) is 44.4 Å². The number of allylic oxidation sites excluding steroid dienone is 1. The van der Waals surface area contributed by atoms with E-state index in [4.69, 9.17) is 18.9 Å². The number of fused-ring (bicyclic) bond motifs is 2. The van der Waals surface area contributed by atoms with E-state index in [2.05, 4.69) is 15.9 Å². The van der Waals surface area contributed by atoms with Gasteiger partial charge in [0.1, 0.15) is 17.6 Å². The highest BCUT2D eigenvalue weighted by Gasteiger charge is 2.37. The molecule has 0 spiro atoms. The summed E-state index contributed by atoms with van der Waals surface area (Å²) in [5.41, 5.74) is 1.41. The first-order valence-corrected chi connectivity index (χ1v) is 14.6. The fraction of sp³-hybridized carbons (Fsp3) is 0.300. The minimum absolute atomic E-state index is 0.202. The SMILES string of the molecule is CCCC1=C(C(=O)OCC)[C@@H](c2c(OC)ccc3ccccc23)n2c(s/c(=C/c3cc(Br)c(N(C)C)o3)c2=O)=N1. The summed E-state index contributed by atoms with van der Waals surface area (Å²) in [5.74, 6) is 1.25. The molecule has 2 aromatic carbocycles. The van der Waals surface area contributed by atoms with Crippen LogP contribution in [0.4, 0.5) is 5.88 Å². The molecule has 5 rings (SSSR count). The van der Waals surface area contributed by atoms with E-state index >= 15 is 0 Å². The summed E-state index contributed by atoms with van der Waals surface area (Å²) in [4.78, 5) is 35.0. The number of hydrogen-bond donors (Lipinski definition) is 0. The van der Waals surface area contributed by atoms with Crippen molar-refractivity contribution in [3.05, 3.63) is 89.2 Å². The Balaban J connectivity index is 1.85. The summed E-state index contributed by atoms with van der Waals surface area (Å²) >= 11 is 4.79. The highest BCUT2D eigenvalue weighted by atomic mass is 79.9. The number of furan rings is 1. The Hall–Kier alpha value is -3.63. The fourth-order valence-electron chi connectivity index (χ4n) is 5.01. The molecule has 1 aliphatic heterocycles. The number of esters is 1. The highest BCUT2D eigenvalue weighted by Crippen LogP contribution is 2.41. The largest absolute Gasteiger partial charge is 0.496 e. The molecular weight excluding hydrogens is 594 g/mol. The number of ether oxygens (including phenoxy) is 2. The van der Waals surface area contributed by atoms with Gasteiger partial charge in [-0.1, -0.05) is 55.0 Å². The minimum atomic E-state index is -0.791. The van der Waals surface area contributed by atoms with Crippen LogP contribution in [0.2, 0.25) is 0 Å². The Bertz CT molecular complexity index is 1810. The lowest BCUT2D eigenvalue weighted by Crippen LogP contribution is -2.40. The number of hydrogen-bond acceptors (Lipinski definition) is 8. The first-order chi connectivity index (χ1) is 19.3.